The lowest BCUT2D eigenvalue weighted by atomic mass is 9.90. The van der Waals surface area contributed by atoms with Crippen molar-refractivity contribution in [3.63, 3.8) is 0 Å². The molecule has 0 bridgehead atoms. The molecule has 1 aromatic rings. The Morgan fingerprint density at radius 3 is 2.41 bits per heavy atom. The summed E-state index contributed by atoms with van der Waals surface area (Å²) < 4.78 is 5.91. The second kappa shape index (κ2) is 7.95. The molecular weight excluding hydrogens is 274 g/mol. The van der Waals surface area contributed by atoms with Gasteiger partial charge in [0, 0.05) is 32.7 Å². The SMILES string of the molecule is CN1CCN(CCOc2ccc(C3CCNCC3)cc2)CC1. The largest absolute Gasteiger partial charge is 0.492 e. The fourth-order valence-corrected chi connectivity index (χ4v) is 3.36. The van der Waals surface area contributed by atoms with E-state index in [0.29, 0.717) is 0 Å². The molecule has 1 N–H and O–H groups in total. The Labute approximate surface area is 134 Å². The minimum absolute atomic E-state index is 0.723. The normalized spacial score (nSPS) is 21.9. The van der Waals surface area contributed by atoms with Gasteiger partial charge in [-0.25, -0.2) is 0 Å². The van der Waals surface area contributed by atoms with Crippen LogP contribution >= 0.6 is 0 Å². The third-order valence-electron chi connectivity index (χ3n) is 4.96. The first-order valence-electron chi connectivity index (χ1n) is 8.65. The second-order valence-electron chi connectivity index (χ2n) is 6.59. The van der Waals surface area contributed by atoms with Crippen LogP contribution in [0.15, 0.2) is 24.3 Å². The Morgan fingerprint density at radius 2 is 1.73 bits per heavy atom. The number of nitrogens with one attached hydrogen (secondary N) is 1. The van der Waals surface area contributed by atoms with Crippen molar-refractivity contribution in [1.29, 1.82) is 0 Å². The molecule has 1 aromatic carbocycles. The van der Waals surface area contributed by atoms with Crippen LogP contribution in [0, 0.1) is 0 Å². The first kappa shape index (κ1) is 15.8. The summed E-state index contributed by atoms with van der Waals surface area (Å²) in [4.78, 5) is 4.88. The predicted octanol–water partition coefficient (Wildman–Crippen LogP) is 1.78. The van der Waals surface area contributed by atoms with Crippen LogP contribution in [0.3, 0.4) is 0 Å². The molecule has 0 radical (unpaired) electrons. The second-order valence-corrected chi connectivity index (χ2v) is 6.59. The van der Waals surface area contributed by atoms with Gasteiger partial charge in [-0.1, -0.05) is 12.1 Å². The van der Waals surface area contributed by atoms with E-state index in [1.807, 2.05) is 0 Å². The lowest BCUT2D eigenvalue weighted by Gasteiger charge is -2.32. The van der Waals surface area contributed by atoms with Crippen LogP contribution in [0.1, 0.15) is 24.3 Å². The molecule has 0 unspecified atom stereocenters. The topological polar surface area (TPSA) is 27.7 Å². The first-order chi connectivity index (χ1) is 10.8. The van der Waals surface area contributed by atoms with Gasteiger partial charge in [-0.15, -0.1) is 0 Å². The molecule has 2 fully saturated rings. The van der Waals surface area contributed by atoms with Crippen LogP contribution < -0.4 is 10.1 Å². The molecule has 0 aromatic heterocycles. The maximum absolute atomic E-state index is 5.91. The molecule has 0 spiro atoms. The summed E-state index contributed by atoms with van der Waals surface area (Å²) in [5.41, 5.74) is 1.47. The fraction of sp³-hybridized carbons (Fsp3) is 0.667. The minimum Gasteiger partial charge on any atom is -0.492 e. The molecule has 0 atom stereocenters. The lowest BCUT2D eigenvalue weighted by Crippen LogP contribution is -2.45. The molecular formula is C18H29N3O. The van der Waals surface area contributed by atoms with Crippen molar-refractivity contribution in [2.45, 2.75) is 18.8 Å². The molecule has 2 aliphatic heterocycles. The number of nitrogens with zero attached hydrogens (tertiary/aromatic N) is 2. The Morgan fingerprint density at radius 1 is 1.05 bits per heavy atom. The van der Waals surface area contributed by atoms with Gasteiger partial charge in [0.25, 0.3) is 0 Å². The van der Waals surface area contributed by atoms with Crippen LogP contribution in [0.4, 0.5) is 0 Å². The third-order valence-corrected chi connectivity index (χ3v) is 4.96. The van der Waals surface area contributed by atoms with Crippen molar-refractivity contribution in [2.24, 2.45) is 0 Å². The van der Waals surface area contributed by atoms with Gasteiger partial charge in [-0.3, -0.25) is 4.90 Å². The summed E-state index contributed by atoms with van der Waals surface area (Å²) >= 11 is 0. The van der Waals surface area contributed by atoms with E-state index in [1.54, 1.807) is 0 Å². The summed E-state index contributed by atoms with van der Waals surface area (Å²) in [6, 6.07) is 8.78. The highest BCUT2D eigenvalue weighted by Gasteiger charge is 2.15. The lowest BCUT2D eigenvalue weighted by molar-refractivity contribution is 0.133. The van der Waals surface area contributed by atoms with Crippen molar-refractivity contribution in [1.82, 2.24) is 15.1 Å². The molecule has 0 amide bonds. The summed E-state index contributed by atoms with van der Waals surface area (Å²) in [5, 5.41) is 3.43. The zero-order valence-corrected chi connectivity index (χ0v) is 13.8. The third kappa shape index (κ3) is 4.45. The molecule has 4 nitrogen and oxygen atoms in total. The van der Waals surface area contributed by atoms with Crippen LogP contribution in [0.25, 0.3) is 0 Å². The van der Waals surface area contributed by atoms with Crippen molar-refractivity contribution in [3.8, 4) is 5.75 Å². The van der Waals surface area contributed by atoms with Crippen molar-refractivity contribution < 1.29 is 4.74 Å². The standard InChI is InChI=1S/C18H29N3O/c1-20-10-12-21(13-11-20)14-15-22-18-4-2-16(3-5-18)17-6-8-19-9-7-17/h2-5,17,19H,6-15H2,1H3. The molecule has 122 valence electrons. The number of hydrogen-bond donors (Lipinski definition) is 1. The fourth-order valence-electron chi connectivity index (χ4n) is 3.36. The number of benzene rings is 1. The number of ether oxygens (including phenoxy) is 1. The Bertz CT molecular complexity index is 434. The van der Waals surface area contributed by atoms with Crippen LogP contribution in [-0.2, 0) is 0 Å². The van der Waals surface area contributed by atoms with Crippen molar-refractivity contribution in [2.75, 3.05) is 59.5 Å². The van der Waals surface area contributed by atoms with Gasteiger partial charge in [0.1, 0.15) is 12.4 Å². The van der Waals surface area contributed by atoms with Gasteiger partial charge >= 0.3 is 0 Å². The summed E-state index contributed by atoms with van der Waals surface area (Å²) in [5.74, 6) is 1.73. The van der Waals surface area contributed by atoms with E-state index in [9.17, 15) is 0 Å². The van der Waals surface area contributed by atoms with Gasteiger partial charge < -0.3 is 15.0 Å². The van der Waals surface area contributed by atoms with E-state index in [4.69, 9.17) is 4.74 Å². The quantitative estimate of drug-likeness (QED) is 0.897. The Hall–Kier alpha value is -1.10. The Kier molecular flexibility index (Phi) is 5.70. The van der Waals surface area contributed by atoms with E-state index in [0.717, 1.165) is 51.0 Å². The highest BCUT2D eigenvalue weighted by molar-refractivity contribution is 5.29. The zero-order valence-electron chi connectivity index (χ0n) is 13.8. The van der Waals surface area contributed by atoms with Gasteiger partial charge in [0.2, 0.25) is 0 Å². The van der Waals surface area contributed by atoms with Gasteiger partial charge in [0.15, 0.2) is 0 Å². The van der Waals surface area contributed by atoms with Crippen LogP contribution in [0.2, 0.25) is 0 Å². The van der Waals surface area contributed by atoms with E-state index in [2.05, 4.69) is 46.4 Å². The molecule has 2 aliphatic rings. The van der Waals surface area contributed by atoms with Gasteiger partial charge in [0.05, 0.1) is 0 Å². The van der Waals surface area contributed by atoms with Crippen LogP contribution in [0.5, 0.6) is 5.75 Å². The van der Waals surface area contributed by atoms with Crippen molar-refractivity contribution in [3.05, 3.63) is 29.8 Å². The average Bonchev–Trinajstić information content (AvgIpc) is 2.58. The Balaban J connectivity index is 1.41. The summed E-state index contributed by atoms with van der Waals surface area (Å²) in [6.45, 7) is 8.78. The summed E-state index contributed by atoms with van der Waals surface area (Å²) in [7, 11) is 2.19. The van der Waals surface area contributed by atoms with Crippen LogP contribution in [-0.4, -0.2) is 69.3 Å². The molecule has 22 heavy (non-hydrogen) atoms. The molecule has 0 saturated carbocycles. The molecule has 3 rings (SSSR count). The highest BCUT2D eigenvalue weighted by Crippen LogP contribution is 2.26. The molecule has 0 aliphatic carbocycles. The molecule has 4 heteroatoms. The van der Waals surface area contributed by atoms with E-state index in [1.165, 1.54) is 31.5 Å². The minimum atomic E-state index is 0.723. The summed E-state index contributed by atoms with van der Waals surface area (Å²) in [6.07, 6.45) is 2.51. The van der Waals surface area contributed by atoms with E-state index < -0.39 is 0 Å². The molecule has 2 heterocycles. The number of piperidine rings is 1. The number of likely N-dealkylation sites (N-methyl/N-ethyl adjacent to an activating group) is 1. The zero-order chi connectivity index (χ0) is 15.2. The smallest absolute Gasteiger partial charge is 0.119 e. The van der Waals surface area contributed by atoms with Gasteiger partial charge in [-0.2, -0.15) is 0 Å². The number of piperazine rings is 1. The van der Waals surface area contributed by atoms with E-state index in [-0.39, 0.29) is 0 Å². The maximum atomic E-state index is 5.91. The predicted molar refractivity (Wildman–Crippen MR) is 90.7 cm³/mol. The first-order valence-corrected chi connectivity index (χ1v) is 8.65. The molecule has 2 saturated heterocycles. The monoisotopic (exact) mass is 303 g/mol. The van der Waals surface area contributed by atoms with Gasteiger partial charge in [-0.05, 0) is 56.6 Å². The number of rotatable bonds is 5. The number of hydrogen-bond acceptors (Lipinski definition) is 4. The van der Waals surface area contributed by atoms with Crippen molar-refractivity contribution >= 4 is 0 Å². The maximum Gasteiger partial charge on any atom is 0.119 e. The van der Waals surface area contributed by atoms with E-state index >= 15 is 0 Å². The highest BCUT2D eigenvalue weighted by atomic mass is 16.5. The average molecular weight is 303 g/mol.